The summed E-state index contributed by atoms with van der Waals surface area (Å²) >= 11 is 0. The Morgan fingerprint density at radius 3 is 2.48 bits per heavy atom. The molecule has 3 heteroatoms. The van der Waals surface area contributed by atoms with Crippen molar-refractivity contribution in [3.05, 3.63) is 0 Å². The summed E-state index contributed by atoms with van der Waals surface area (Å²) < 4.78 is 0. The van der Waals surface area contributed by atoms with Crippen LogP contribution in [0.5, 0.6) is 0 Å². The number of hydrogen-bond donors (Lipinski definition) is 1. The quantitative estimate of drug-likeness (QED) is 0.851. The van der Waals surface area contributed by atoms with Gasteiger partial charge in [-0.2, -0.15) is 0 Å². The van der Waals surface area contributed by atoms with Gasteiger partial charge in [-0.15, -0.1) is 0 Å². The van der Waals surface area contributed by atoms with Gasteiger partial charge in [-0.25, -0.2) is 0 Å². The fourth-order valence-corrected chi connectivity index (χ4v) is 4.27. The van der Waals surface area contributed by atoms with Gasteiger partial charge in [0, 0.05) is 12.6 Å². The molecular formula is C18H33NO2. The molecule has 0 amide bonds. The van der Waals surface area contributed by atoms with Crippen molar-refractivity contribution in [1.29, 1.82) is 0 Å². The number of nitrogens with zero attached hydrogens (tertiary/aromatic N) is 1. The van der Waals surface area contributed by atoms with Crippen molar-refractivity contribution >= 4 is 5.97 Å². The number of carboxylic acids is 1. The molecule has 1 saturated heterocycles. The maximum atomic E-state index is 11.7. The van der Waals surface area contributed by atoms with Gasteiger partial charge in [0.25, 0.3) is 0 Å². The first-order valence-corrected chi connectivity index (χ1v) is 8.63. The smallest absolute Gasteiger partial charge is 0.308 e. The Labute approximate surface area is 130 Å². The van der Waals surface area contributed by atoms with E-state index in [0.717, 1.165) is 32.4 Å². The number of carbonyl (C=O) groups is 1. The molecule has 2 fully saturated rings. The SMILES string of the molecule is CCC(C)(C)C1CCC(C(=O)O)C(N2CCC(C)(C)C2)C1. The van der Waals surface area contributed by atoms with Crippen molar-refractivity contribution < 1.29 is 9.90 Å². The molecule has 1 heterocycles. The molecule has 0 aromatic heterocycles. The molecule has 1 N–H and O–H groups in total. The summed E-state index contributed by atoms with van der Waals surface area (Å²) in [5, 5.41) is 9.62. The number of hydrogen-bond acceptors (Lipinski definition) is 2. The van der Waals surface area contributed by atoms with Crippen LogP contribution in [0.4, 0.5) is 0 Å². The third kappa shape index (κ3) is 3.61. The van der Waals surface area contributed by atoms with E-state index in [0.29, 0.717) is 16.7 Å². The molecule has 1 aliphatic carbocycles. The van der Waals surface area contributed by atoms with Crippen LogP contribution in [0.25, 0.3) is 0 Å². The molecular weight excluding hydrogens is 262 g/mol. The van der Waals surface area contributed by atoms with E-state index in [1.54, 1.807) is 0 Å². The second kappa shape index (κ2) is 5.91. The summed E-state index contributed by atoms with van der Waals surface area (Å²) in [6.07, 6.45) is 5.36. The Morgan fingerprint density at radius 2 is 2.00 bits per heavy atom. The second-order valence-corrected chi connectivity index (χ2v) is 8.75. The van der Waals surface area contributed by atoms with E-state index in [-0.39, 0.29) is 12.0 Å². The highest BCUT2D eigenvalue weighted by Gasteiger charge is 2.45. The lowest BCUT2D eigenvalue weighted by atomic mass is 9.65. The van der Waals surface area contributed by atoms with Crippen molar-refractivity contribution in [2.75, 3.05) is 13.1 Å². The van der Waals surface area contributed by atoms with Crippen LogP contribution < -0.4 is 0 Å². The lowest BCUT2D eigenvalue weighted by Crippen LogP contribution is -2.48. The molecule has 0 bridgehead atoms. The molecule has 0 radical (unpaired) electrons. The van der Waals surface area contributed by atoms with Crippen molar-refractivity contribution in [2.45, 2.75) is 72.8 Å². The van der Waals surface area contributed by atoms with Crippen molar-refractivity contribution in [3.8, 4) is 0 Å². The lowest BCUT2D eigenvalue weighted by molar-refractivity contribution is -0.146. The summed E-state index contributed by atoms with van der Waals surface area (Å²) in [6, 6.07) is 0.244. The molecule has 0 aromatic rings. The summed E-state index contributed by atoms with van der Waals surface area (Å²) in [5.41, 5.74) is 0.674. The maximum Gasteiger partial charge on any atom is 0.308 e. The average molecular weight is 295 g/mol. The Morgan fingerprint density at radius 1 is 1.33 bits per heavy atom. The summed E-state index contributed by atoms with van der Waals surface area (Å²) in [7, 11) is 0. The van der Waals surface area contributed by atoms with Crippen LogP contribution in [0.1, 0.15) is 66.7 Å². The van der Waals surface area contributed by atoms with E-state index >= 15 is 0 Å². The van der Waals surface area contributed by atoms with E-state index < -0.39 is 5.97 Å². The molecule has 2 aliphatic rings. The first-order valence-electron chi connectivity index (χ1n) is 8.63. The molecule has 1 aliphatic heterocycles. The van der Waals surface area contributed by atoms with Gasteiger partial charge in [0.1, 0.15) is 0 Å². The average Bonchev–Trinajstić information content (AvgIpc) is 2.78. The van der Waals surface area contributed by atoms with Crippen molar-refractivity contribution in [2.24, 2.45) is 22.7 Å². The second-order valence-electron chi connectivity index (χ2n) is 8.75. The van der Waals surface area contributed by atoms with Crippen LogP contribution >= 0.6 is 0 Å². The molecule has 0 spiro atoms. The molecule has 1 saturated carbocycles. The van der Waals surface area contributed by atoms with Gasteiger partial charge < -0.3 is 5.11 Å². The number of likely N-dealkylation sites (tertiary alicyclic amines) is 1. The Hall–Kier alpha value is -0.570. The van der Waals surface area contributed by atoms with Crippen molar-refractivity contribution in [3.63, 3.8) is 0 Å². The van der Waals surface area contributed by atoms with E-state index in [4.69, 9.17) is 0 Å². The number of carboxylic acid groups (broad SMARTS) is 1. The minimum atomic E-state index is -0.586. The molecule has 3 atom stereocenters. The molecule has 3 nitrogen and oxygen atoms in total. The van der Waals surface area contributed by atoms with Crippen LogP contribution in [0.3, 0.4) is 0 Å². The fraction of sp³-hybridized carbons (Fsp3) is 0.944. The van der Waals surface area contributed by atoms with Crippen LogP contribution in [0, 0.1) is 22.7 Å². The van der Waals surface area contributed by atoms with Crippen LogP contribution in [-0.4, -0.2) is 35.1 Å². The van der Waals surface area contributed by atoms with Gasteiger partial charge in [-0.05, 0) is 49.0 Å². The molecule has 3 unspecified atom stereocenters. The van der Waals surface area contributed by atoms with Crippen LogP contribution in [0.2, 0.25) is 0 Å². The largest absolute Gasteiger partial charge is 0.481 e. The summed E-state index contributed by atoms with van der Waals surface area (Å²) in [5.74, 6) is -0.0907. The van der Waals surface area contributed by atoms with Crippen LogP contribution in [0.15, 0.2) is 0 Å². The van der Waals surface area contributed by atoms with Gasteiger partial charge in [-0.1, -0.05) is 41.0 Å². The first kappa shape index (κ1) is 16.8. The zero-order valence-electron chi connectivity index (χ0n) is 14.5. The van der Waals surface area contributed by atoms with Gasteiger partial charge in [0.2, 0.25) is 0 Å². The molecule has 122 valence electrons. The monoisotopic (exact) mass is 295 g/mol. The topological polar surface area (TPSA) is 40.5 Å². The van der Waals surface area contributed by atoms with Crippen molar-refractivity contribution in [1.82, 2.24) is 4.90 Å². The Balaban J connectivity index is 2.14. The maximum absolute atomic E-state index is 11.7. The Bertz CT molecular complexity index is 389. The summed E-state index contributed by atoms with van der Waals surface area (Å²) in [4.78, 5) is 14.2. The van der Waals surface area contributed by atoms with Gasteiger partial charge in [-0.3, -0.25) is 9.69 Å². The number of rotatable bonds is 4. The third-order valence-electron chi connectivity index (χ3n) is 6.33. The van der Waals surface area contributed by atoms with E-state index in [2.05, 4.69) is 39.5 Å². The predicted octanol–water partition coefficient (Wildman–Crippen LogP) is 4.02. The molecule has 2 rings (SSSR count). The van der Waals surface area contributed by atoms with Gasteiger partial charge in [0.05, 0.1) is 5.92 Å². The molecule has 21 heavy (non-hydrogen) atoms. The predicted molar refractivity (Wildman–Crippen MR) is 86.3 cm³/mol. The highest BCUT2D eigenvalue weighted by atomic mass is 16.4. The minimum Gasteiger partial charge on any atom is -0.481 e. The van der Waals surface area contributed by atoms with E-state index in [9.17, 15) is 9.90 Å². The van der Waals surface area contributed by atoms with Crippen LogP contribution in [-0.2, 0) is 4.79 Å². The fourth-order valence-electron chi connectivity index (χ4n) is 4.27. The highest BCUT2D eigenvalue weighted by molar-refractivity contribution is 5.71. The number of aliphatic carboxylic acids is 1. The van der Waals surface area contributed by atoms with E-state index in [1.807, 2.05) is 0 Å². The Kier molecular flexibility index (Phi) is 4.72. The van der Waals surface area contributed by atoms with E-state index in [1.165, 1.54) is 12.8 Å². The summed E-state index contributed by atoms with van der Waals surface area (Å²) in [6.45, 7) is 13.7. The normalized spacial score (nSPS) is 34.0. The highest BCUT2D eigenvalue weighted by Crippen LogP contribution is 2.45. The zero-order valence-corrected chi connectivity index (χ0v) is 14.5. The minimum absolute atomic E-state index is 0.164. The van der Waals surface area contributed by atoms with Gasteiger partial charge >= 0.3 is 5.97 Å². The third-order valence-corrected chi connectivity index (χ3v) is 6.33. The van der Waals surface area contributed by atoms with Gasteiger partial charge in [0.15, 0.2) is 0 Å². The zero-order chi connectivity index (χ0) is 15.8. The standard InChI is InChI=1S/C18H33NO2/c1-6-18(4,5)13-7-8-14(16(20)21)15(11-13)19-10-9-17(2,3)12-19/h13-15H,6-12H2,1-5H3,(H,20,21). The lowest BCUT2D eigenvalue weighted by Gasteiger charge is -2.45. The molecule has 0 aromatic carbocycles. The first-order chi connectivity index (χ1) is 9.66.